The highest BCUT2D eigenvalue weighted by Gasteiger charge is 1.94. The molecule has 1 rings (SSSR count). The first-order valence-corrected chi connectivity index (χ1v) is 4.83. The van der Waals surface area contributed by atoms with Crippen LogP contribution in [0.25, 0.3) is 12.2 Å². The van der Waals surface area contributed by atoms with Gasteiger partial charge in [-0.15, -0.1) is 11.3 Å². The van der Waals surface area contributed by atoms with E-state index in [2.05, 4.69) is 23.6 Å². The van der Waals surface area contributed by atoms with E-state index in [1.54, 1.807) is 11.3 Å². The van der Waals surface area contributed by atoms with Crippen molar-refractivity contribution < 1.29 is 0 Å². The maximum absolute atomic E-state index is 5.37. The third kappa shape index (κ3) is 2.38. The lowest BCUT2D eigenvalue weighted by Gasteiger charge is -1.89. The average molecular weight is 174 g/mol. The van der Waals surface area contributed by atoms with Crippen LogP contribution in [0.4, 0.5) is 0 Å². The zero-order chi connectivity index (χ0) is 8.81. The van der Waals surface area contributed by atoms with Gasteiger partial charge in [-0.05, 0) is 30.0 Å². The van der Waals surface area contributed by atoms with Gasteiger partial charge in [-0.1, -0.05) is 24.5 Å². The monoisotopic (exact) mass is 174 g/mol. The molecule has 60 valence electrons. The van der Waals surface area contributed by atoms with Gasteiger partial charge >= 0.3 is 0 Å². The largest absolute Gasteiger partial charge is 0.144 e. The zero-order valence-corrected chi connectivity index (χ0v) is 7.97. The van der Waals surface area contributed by atoms with Crippen molar-refractivity contribution in [2.75, 3.05) is 0 Å². The Bertz CT molecular complexity index is 284. The molecular weight excluding hydrogens is 163 g/mol. The molecular formula is C10H11BS. The Morgan fingerprint density at radius 1 is 1.50 bits per heavy atom. The first kappa shape index (κ1) is 9.33. The summed E-state index contributed by atoms with van der Waals surface area (Å²) < 4.78 is 0. The number of allylic oxidation sites excluding steroid dienone is 2. The van der Waals surface area contributed by atoms with Gasteiger partial charge < -0.3 is 0 Å². The molecule has 0 N–H and O–H groups in total. The molecule has 0 aromatic carbocycles. The highest BCUT2D eigenvalue weighted by Crippen LogP contribution is 2.19. The average Bonchev–Trinajstić information content (AvgIpc) is 2.50. The van der Waals surface area contributed by atoms with Gasteiger partial charge in [0, 0.05) is 4.88 Å². The summed E-state index contributed by atoms with van der Waals surface area (Å²) in [6.45, 7) is 2.02. The van der Waals surface area contributed by atoms with Crippen molar-refractivity contribution in [3.05, 3.63) is 34.0 Å². The highest BCUT2D eigenvalue weighted by atomic mass is 32.1. The molecule has 0 spiro atoms. The lowest BCUT2D eigenvalue weighted by Crippen LogP contribution is -1.68. The highest BCUT2D eigenvalue weighted by molar-refractivity contribution is 7.11. The van der Waals surface area contributed by atoms with Gasteiger partial charge in [0.15, 0.2) is 0 Å². The van der Waals surface area contributed by atoms with Crippen LogP contribution in [0.5, 0.6) is 0 Å². The van der Waals surface area contributed by atoms with Crippen molar-refractivity contribution in [1.82, 2.24) is 0 Å². The van der Waals surface area contributed by atoms with Crippen LogP contribution >= 0.6 is 11.3 Å². The zero-order valence-electron chi connectivity index (χ0n) is 7.16. The van der Waals surface area contributed by atoms with Crippen molar-refractivity contribution in [1.29, 1.82) is 0 Å². The first-order valence-electron chi connectivity index (χ1n) is 3.95. The number of hydrogen-bond donors (Lipinski definition) is 0. The van der Waals surface area contributed by atoms with E-state index in [4.69, 9.17) is 7.85 Å². The fraction of sp³-hybridized carbons (Fsp3) is 0.200. The molecule has 0 atom stereocenters. The first-order chi connectivity index (χ1) is 5.88. The predicted molar refractivity (Wildman–Crippen MR) is 58.6 cm³/mol. The van der Waals surface area contributed by atoms with Crippen molar-refractivity contribution in [3.8, 4) is 0 Å². The molecule has 0 unspecified atom stereocenters. The fourth-order valence-electron chi connectivity index (χ4n) is 0.959. The molecule has 1 aromatic heterocycles. The summed E-state index contributed by atoms with van der Waals surface area (Å²) in [4.78, 5) is 1.28. The van der Waals surface area contributed by atoms with Crippen LogP contribution in [-0.2, 0) is 0 Å². The third-order valence-corrected chi connectivity index (χ3v) is 2.38. The Kier molecular flexibility index (Phi) is 3.88. The second-order valence-corrected chi connectivity index (χ2v) is 3.33. The van der Waals surface area contributed by atoms with Crippen molar-refractivity contribution >= 4 is 31.3 Å². The molecule has 0 nitrogen and oxygen atoms in total. The Morgan fingerprint density at radius 3 is 3.00 bits per heavy atom. The van der Waals surface area contributed by atoms with Crippen LogP contribution < -0.4 is 0 Å². The molecule has 1 aromatic rings. The van der Waals surface area contributed by atoms with Gasteiger partial charge in [0.25, 0.3) is 0 Å². The van der Waals surface area contributed by atoms with E-state index in [9.17, 15) is 0 Å². The van der Waals surface area contributed by atoms with Gasteiger partial charge in [-0.25, -0.2) is 0 Å². The van der Waals surface area contributed by atoms with Crippen LogP contribution in [0, 0.1) is 0 Å². The molecule has 0 fully saturated rings. The molecule has 2 heteroatoms. The molecule has 0 saturated carbocycles. The summed E-state index contributed by atoms with van der Waals surface area (Å²) in [6, 6.07) is 2.11. The van der Waals surface area contributed by atoms with Crippen LogP contribution in [0.2, 0.25) is 6.32 Å². The van der Waals surface area contributed by atoms with E-state index < -0.39 is 0 Å². The summed E-state index contributed by atoms with van der Waals surface area (Å²) in [6.07, 6.45) is 8.79. The fourth-order valence-corrected chi connectivity index (χ4v) is 1.77. The summed E-state index contributed by atoms with van der Waals surface area (Å²) in [5.41, 5.74) is 1.27. The Morgan fingerprint density at radius 2 is 2.33 bits per heavy atom. The van der Waals surface area contributed by atoms with Crippen LogP contribution in [0.1, 0.15) is 17.4 Å². The van der Waals surface area contributed by atoms with E-state index in [0.29, 0.717) is 6.32 Å². The minimum Gasteiger partial charge on any atom is -0.144 e. The van der Waals surface area contributed by atoms with Crippen LogP contribution in [-0.4, -0.2) is 7.85 Å². The van der Waals surface area contributed by atoms with Crippen molar-refractivity contribution in [2.24, 2.45) is 0 Å². The van der Waals surface area contributed by atoms with Gasteiger partial charge in [0.05, 0.1) is 7.85 Å². The molecule has 0 amide bonds. The smallest absolute Gasteiger partial charge is 0.0708 e. The van der Waals surface area contributed by atoms with E-state index in [1.807, 2.05) is 19.1 Å². The Hall–Kier alpha value is -0.755. The SMILES string of the molecule is [B]C/C=C\c1sccc1/C=C\C. The maximum Gasteiger partial charge on any atom is 0.0708 e. The lowest BCUT2D eigenvalue weighted by molar-refractivity contribution is 1.72. The number of rotatable bonds is 3. The quantitative estimate of drug-likeness (QED) is 0.616. The molecule has 1 heterocycles. The van der Waals surface area contributed by atoms with E-state index >= 15 is 0 Å². The molecule has 0 saturated heterocycles. The summed E-state index contributed by atoms with van der Waals surface area (Å²) in [5.74, 6) is 0. The molecule has 0 bridgehead atoms. The topological polar surface area (TPSA) is 0 Å². The summed E-state index contributed by atoms with van der Waals surface area (Å²) >= 11 is 1.74. The minimum atomic E-state index is 0.604. The van der Waals surface area contributed by atoms with Crippen molar-refractivity contribution in [2.45, 2.75) is 13.2 Å². The van der Waals surface area contributed by atoms with Crippen LogP contribution in [0.15, 0.2) is 23.6 Å². The lowest BCUT2D eigenvalue weighted by atomic mass is 10.0. The van der Waals surface area contributed by atoms with Gasteiger partial charge in [-0.2, -0.15) is 0 Å². The summed E-state index contributed by atoms with van der Waals surface area (Å²) in [5, 5.41) is 2.09. The maximum atomic E-state index is 5.37. The van der Waals surface area contributed by atoms with Crippen molar-refractivity contribution in [3.63, 3.8) is 0 Å². The minimum absolute atomic E-state index is 0.604. The second kappa shape index (κ2) is 4.99. The van der Waals surface area contributed by atoms with Gasteiger partial charge in [-0.3, -0.25) is 0 Å². The van der Waals surface area contributed by atoms with Gasteiger partial charge in [0.1, 0.15) is 0 Å². The van der Waals surface area contributed by atoms with E-state index in [1.165, 1.54) is 10.4 Å². The van der Waals surface area contributed by atoms with E-state index in [-0.39, 0.29) is 0 Å². The normalized spacial score (nSPS) is 11.8. The standard InChI is InChI=1S/C10H11BS/c1-2-4-9-6-8-12-10(9)5-3-7-11/h2-6,8H,7H2,1H3/b4-2-,5-3-. The molecule has 0 aliphatic heterocycles. The molecule has 12 heavy (non-hydrogen) atoms. The Labute approximate surface area is 79.0 Å². The third-order valence-electron chi connectivity index (χ3n) is 1.48. The number of hydrogen-bond acceptors (Lipinski definition) is 1. The van der Waals surface area contributed by atoms with E-state index in [0.717, 1.165) is 0 Å². The molecule has 0 aliphatic carbocycles. The second-order valence-electron chi connectivity index (χ2n) is 2.38. The molecule has 2 radical (unpaired) electrons. The predicted octanol–water partition coefficient (Wildman–Crippen LogP) is 3.38. The van der Waals surface area contributed by atoms with Crippen LogP contribution in [0.3, 0.4) is 0 Å². The Balaban J connectivity index is 2.83. The van der Waals surface area contributed by atoms with Gasteiger partial charge in [0.2, 0.25) is 0 Å². The molecule has 0 aliphatic rings. The summed E-state index contributed by atoms with van der Waals surface area (Å²) in [7, 11) is 5.37. The number of thiophene rings is 1.